The van der Waals surface area contributed by atoms with Gasteiger partial charge in [0.2, 0.25) is 5.91 Å². The normalized spacial score (nSPS) is 16.6. The summed E-state index contributed by atoms with van der Waals surface area (Å²) in [5, 5.41) is 3.04. The minimum absolute atomic E-state index is 0.00766. The zero-order valence-electron chi connectivity index (χ0n) is 11.4. The maximum absolute atomic E-state index is 11.9. The molecule has 1 unspecified atom stereocenters. The average molecular weight is 340 g/mol. The van der Waals surface area contributed by atoms with Crippen LogP contribution in [-0.4, -0.2) is 19.0 Å². The zero-order valence-corrected chi connectivity index (χ0v) is 13.0. The van der Waals surface area contributed by atoms with E-state index in [1.54, 1.807) is 0 Å². The fourth-order valence-corrected chi connectivity index (χ4v) is 3.10. The Morgan fingerprint density at radius 3 is 2.95 bits per heavy atom. The van der Waals surface area contributed by atoms with Gasteiger partial charge in [-0.15, -0.1) is 0 Å². The van der Waals surface area contributed by atoms with Gasteiger partial charge in [0.1, 0.15) is 0 Å². The molecule has 20 heavy (non-hydrogen) atoms. The van der Waals surface area contributed by atoms with E-state index in [0.717, 1.165) is 17.3 Å². The number of carbonyl (C=O) groups excluding carboxylic acids is 2. The van der Waals surface area contributed by atoms with Gasteiger partial charge in [-0.05, 0) is 36.5 Å². The maximum atomic E-state index is 11.9. The van der Waals surface area contributed by atoms with Gasteiger partial charge in [-0.25, -0.2) is 0 Å². The summed E-state index contributed by atoms with van der Waals surface area (Å²) in [6, 6.07) is 6.17. The third kappa shape index (κ3) is 3.60. The van der Waals surface area contributed by atoms with Crippen LogP contribution in [0.25, 0.3) is 0 Å². The van der Waals surface area contributed by atoms with Crippen LogP contribution in [0, 0.1) is 0 Å². The Hall–Kier alpha value is -1.36. The van der Waals surface area contributed by atoms with Crippen LogP contribution in [-0.2, 0) is 20.7 Å². The van der Waals surface area contributed by atoms with Crippen LogP contribution < -0.4 is 5.32 Å². The van der Waals surface area contributed by atoms with Crippen molar-refractivity contribution in [3.63, 3.8) is 0 Å². The lowest BCUT2D eigenvalue weighted by Gasteiger charge is -2.14. The van der Waals surface area contributed by atoms with Crippen LogP contribution in [0.3, 0.4) is 0 Å². The Bertz CT molecular complexity index is 516. The minimum atomic E-state index is -0.270. The highest BCUT2D eigenvalue weighted by Crippen LogP contribution is 2.35. The van der Waals surface area contributed by atoms with Crippen molar-refractivity contribution in [3.8, 4) is 0 Å². The molecule has 4 nitrogen and oxygen atoms in total. The monoisotopic (exact) mass is 339 g/mol. The number of halogens is 1. The van der Waals surface area contributed by atoms with Crippen molar-refractivity contribution in [3.05, 3.63) is 33.8 Å². The Kier molecular flexibility index (Phi) is 5.17. The molecule has 0 aromatic heterocycles. The smallest absolute Gasteiger partial charge is 0.305 e. The van der Waals surface area contributed by atoms with Crippen molar-refractivity contribution in [2.24, 2.45) is 0 Å². The molecule has 2 rings (SSSR count). The first kappa shape index (κ1) is 15.0. The largest absolute Gasteiger partial charge is 0.469 e. The number of rotatable bonds is 5. The molecular weight excluding hydrogens is 322 g/mol. The van der Waals surface area contributed by atoms with Crippen LogP contribution in [0.1, 0.15) is 42.9 Å². The second kappa shape index (κ2) is 6.88. The SMILES string of the molecule is COC(=O)CCCC(=O)NC1CCc2c(Br)cccc21. The van der Waals surface area contributed by atoms with Crippen molar-refractivity contribution in [1.29, 1.82) is 0 Å². The maximum Gasteiger partial charge on any atom is 0.305 e. The van der Waals surface area contributed by atoms with E-state index in [9.17, 15) is 9.59 Å². The summed E-state index contributed by atoms with van der Waals surface area (Å²) in [6.07, 6.45) is 3.08. The van der Waals surface area contributed by atoms with E-state index in [-0.39, 0.29) is 24.3 Å². The highest BCUT2D eigenvalue weighted by Gasteiger charge is 2.25. The Balaban J connectivity index is 1.85. The van der Waals surface area contributed by atoms with Gasteiger partial charge in [0.05, 0.1) is 13.2 Å². The number of carbonyl (C=O) groups is 2. The Morgan fingerprint density at radius 1 is 1.40 bits per heavy atom. The van der Waals surface area contributed by atoms with Gasteiger partial charge in [-0.1, -0.05) is 28.1 Å². The van der Waals surface area contributed by atoms with Gasteiger partial charge in [-0.2, -0.15) is 0 Å². The summed E-state index contributed by atoms with van der Waals surface area (Å²) in [7, 11) is 1.36. The molecule has 1 N–H and O–H groups in total. The Morgan fingerprint density at radius 2 is 2.20 bits per heavy atom. The predicted octanol–water partition coefficient (Wildman–Crippen LogP) is 2.90. The molecular formula is C15H18BrNO3. The third-order valence-corrected chi connectivity index (χ3v) is 4.30. The number of methoxy groups -OCH3 is 1. The molecule has 0 bridgehead atoms. The number of esters is 1. The molecule has 0 fully saturated rings. The summed E-state index contributed by atoms with van der Waals surface area (Å²) in [4.78, 5) is 22.9. The molecule has 108 valence electrons. The average Bonchev–Trinajstić information content (AvgIpc) is 2.83. The predicted molar refractivity (Wildman–Crippen MR) is 79.2 cm³/mol. The number of ether oxygens (including phenoxy) is 1. The molecule has 1 aromatic rings. The summed E-state index contributed by atoms with van der Waals surface area (Å²) in [5.74, 6) is -0.278. The number of benzene rings is 1. The molecule has 0 saturated carbocycles. The van der Waals surface area contributed by atoms with Gasteiger partial charge in [0, 0.05) is 17.3 Å². The molecule has 0 radical (unpaired) electrons. The standard InChI is InChI=1S/C15H18BrNO3/c1-20-15(19)7-3-6-14(18)17-13-9-8-10-11(13)4-2-5-12(10)16/h2,4-5,13H,3,6-9H2,1H3,(H,17,18). The quantitative estimate of drug-likeness (QED) is 0.839. The lowest BCUT2D eigenvalue weighted by atomic mass is 10.1. The van der Waals surface area contributed by atoms with E-state index in [1.807, 2.05) is 12.1 Å². The van der Waals surface area contributed by atoms with Crippen molar-refractivity contribution in [2.45, 2.75) is 38.1 Å². The first-order valence-electron chi connectivity index (χ1n) is 6.75. The minimum Gasteiger partial charge on any atom is -0.469 e. The fourth-order valence-electron chi connectivity index (χ4n) is 2.52. The molecule has 1 aliphatic rings. The van der Waals surface area contributed by atoms with E-state index in [0.29, 0.717) is 12.8 Å². The third-order valence-electron chi connectivity index (χ3n) is 3.56. The first-order chi connectivity index (χ1) is 9.61. The molecule has 1 atom stereocenters. The number of nitrogens with one attached hydrogen (secondary N) is 1. The summed E-state index contributed by atoms with van der Waals surface area (Å²) < 4.78 is 5.66. The highest BCUT2D eigenvalue weighted by molar-refractivity contribution is 9.10. The number of hydrogen-bond acceptors (Lipinski definition) is 3. The van der Waals surface area contributed by atoms with Crippen molar-refractivity contribution in [2.75, 3.05) is 7.11 Å². The number of hydrogen-bond donors (Lipinski definition) is 1. The molecule has 1 aliphatic carbocycles. The first-order valence-corrected chi connectivity index (χ1v) is 7.54. The molecule has 0 saturated heterocycles. The van der Waals surface area contributed by atoms with Crippen LogP contribution >= 0.6 is 15.9 Å². The van der Waals surface area contributed by atoms with Gasteiger partial charge in [-0.3, -0.25) is 9.59 Å². The topological polar surface area (TPSA) is 55.4 Å². The Labute approximate surface area is 127 Å². The van der Waals surface area contributed by atoms with Crippen molar-refractivity contribution in [1.82, 2.24) is 5.32 Å². The van der Waals surface area contributed by atoms with Crippen LogP contribution in [0.4, 0.5) is 0 Å². The molecule has 1 aromatic carbocycles. The van der Waals surface area contributed by atoms with Gasteiger partial charge >= 0.3 is 5.97 Å². The van der Waals surface area contributed by atoms with Crippen LogP contribution in [0.5, 0.6) is 0 Å². The lowest BCUT2D eigenvalue weighted by molar-refractivity contribution is -0.140. The molecule has 5 heteroatoms. The summed E-state index contributed by atoms with van der Waals surface area (Å²) >= 11 is 3.54. The van der Waals surface area contributed by atoms with E-state index < -0.39 is 0 Å². The molecule has 0 heterocycles. The molecule has 0 aliphatic heterocycles. The molecule has 0 spiro atoms. The van der Waals surface area contributed by atoms with Gasteiger partial charge in [0.25, 0.3) is 0 Å². The fraction of sp³-hybridized carbons (Fsp3) is 0.467. The lowest BCUT2D eigenvalue weighted by Crippen LogP contribution is -2.27. The number of amides is 1. The zero-order chi connectivity index (χ0) is 14.5. The summed E-state index contributed by atoms with van der Waals surface area (Å²) in [5.41, 5.74) is 2.48. The van der Waals surface area contributed by atoms with Crippen molar-refractivity contribution < 1.29 is 14.3 Å². The van der Waals surface area contributed by atoms with Gasteiger partial charge in [0.15, 0.2) is 0 Å². The van der Waals surface area contributed by atoms with E-state index in [1.165, 1.54) is 18.2 Å². The number of fused-ring (bicyclic) bond motifs is 1. The van der Waals surface area contributed by atoms with Crippen molar-refractivity contribution >= 4 is 27.8 Å². The molecule has 1 amide bonds. The van der Waals surface area contributed by atoms with E-state index in [2.05, 4.69) is 32.0 Å². The van der Waals surface area contributed by atoms with E-state index in [4.69, 9.17) is 0 Å². The second-order valence-corrected chi connectivity index (χ2v) is 5.75. The van der Waals surface area contributed by atoms with Crippen LogP contribution in [0.2, 0.25) is 0 Å². The highest BCUT2D eigenvalue weighted by atomic mass is 79.9. The van der Waals surface area contributed by atoms with E-state index >= 15 is 0 Å². The second-order valence-electron chi connectivity index (χ2n) is 4.90. The summed E-state index contributed by atoms with van der Waals surface area (Å²) in [6.45, 7) is 0. The van der Waals surface area contributed by atoms with Gasteiger partial charge < -0.3 is 10.1 Å². The van der Waals surface area contributed by atoms with Crippen LogP contribution in [0.15, 0.2) is 22.7 Å².